The topological polar surface area (TPSA) is 94.6 Å². The predicted molar refractivity (Wildman–Crippen MR) is 90.4 cm³/mol. The van der Waals surface area contributed by atoms with Crippen LogP contribution in [0.3, 0.4) is 0 Å². The number of nitrogens with one attached hydrogen (secondary N) is 1. The maximum atomic E-state index is 13.1. The van der Waals surface area contributed by atoms with Crippen molar-refractivity contribution in [3.8, 4) is 5.75 Å². The number of aliphatic imine (C=N–C) groups is 1. The number of imide groups is 2. The van der Waals surface area contributed by atoms with E-state index >= 15 is 0 Å². The quantitative estimate of drug-likeness (QED) is 0.735. The summed E-state index contributed by atoms with van der Waals surface area (Å²) in [7, 11) is 7.64. The molecule has 1 aromatic rings. The zero-order chi connectivity index (χ0) is 18.5. The molecular weight excluding hydrogens is 326 g/mol. The van der Waals surface area contributed by atoms with Gasteiger partial charge in [-0.3, -0.25) is 19.4 Å². The van der Waals surface area contributed by atoms with E-state index in [2.05, 4.69) is 10.3 Å². The lowest BCUT2D eigenvalue weighted by Gasteiger charge is -2.42. The Bertz CT molecular complexity index is 793. The second kappa shape index (κ2) is 5.47. The average molecular weight is 345 g/mol. The molecule has 0 aromatic heterocycles. The van der Waals surface area contributed by atoms with Gasteiger partial charge < -0.3 is 15.0 Å². The summed E-state index contributed by atoms with van der Waals surface area (Å²) < 4.78 is 5.23. The smallest absolute Gasteiger partial charge is 0.333 e. The molecule has 0 atom stereocenters. The first-order valence-corrected chi connectivity index (χ1v) is 7.57. The van der Waals surface area contributed by atoms with Gasteiger partial charge in [0.05, 0.1) is 7.11 Å². The number of hydrogen-bond acceptors (Lipinski definition) is 7. The van der Waals surface area contributed by atoms with Crippen molar-refractivity contribution >= 4 is 29.5 Å². The molecule has 1 spiro atoms. The first kappa shape index (κ1) is 16.7. The zero-order valence-corrected chi connectivity index (χ0v) is 14.7. The van der Waals surface area contributed by atoms with Crippen LogP contribution in [0.1, 0.15) is 5.56 Å². The lowest BCUT2D eigenvalue weighted by molar-refractivity contribution is -0.150. The lowest BCUT2D eigenvalue weighted by atomic mass is 9.83. The monoisotopic (exact) mass is 345 g/mol. The number of carbonyl (C=O) groups is 3. The number of rotatable bonds is 1. The van der Waals surface area contributed by atoms with Crippen LogP contribution in [0.25, 0.3) is 0 Å². The molecule has 0 aliphatic carbocycles. The van der Waals surface area contributed by atoms with Crippen molar-refractivity contribution in [1.82, 2.24) is 14.7 Å². The third-order valence-corrected chi connectivity index (χ3v) is 4.36. The number of anilines is 1. The Morgan fingerprint density at radius 3 is 2.24 bits per heavy atom. The van der Waals surface area contributed by atoms with Gasteiger partial charge in [-0.15, -0.1) is 0 Å². The second-order valence-corrected chi connectivity index (χ2v) is 6.09. The molecule has 132 valence electrons. The number of hydrogen-bond donors (Lipinski definition) is 1. The molecule has 9 nitrogen and oxygen atoms in total. The third kappa shape index (κ3) is 2.15. The molecule has 2 aliphatic heterocycles. The highest BCUT2D eigenvalue weighted by Gasteiger charge is 2.59. The molecule has 3 rings (SSSR count). The molecule has 4 amide bonds. The van der Waals surface area contributed by atoms with Crippen LogP contribution in [-0.2, 0) is 15.1 Å². The molecule has 2 aliphatic rings. The number of carbonyl (C=O) groups excluding carboxylic acids is 3. The van der Waals surface area contributed by atoms with Crippen LogP contribution < -0.4 is 10.1 Å². The van der Waals surface area contributed by atoms with Crippen LogP contribution >= 0.6 is 0 Å². The molecule has 9 heteroatoms. The number of amides is 4. The van der Waals surface area contributed by atoms with Crippen LogP contribution in [0.5, 0.6) is 5.75 Å². The maximum absolute atomic E-state index is 13.1. The fraction of sp³-hybridized carbons (Fsp3) is 0.375. The van der Waals surface area contributed by atoms with Gasteiger partial charge in [0, 0.05) is 39.4 Å². The molecule has 2 heterocycles. The Labute approximate surface area is 144 Å². The molecule has 1 aromatic carbocycles. The number of benzene rings is 1. The van der Waals surface area contributed by atoms with Crippen LogP contribution in [0.4, 0.5) is 10.5 Å². The first-order valence-electron chi connectivity index (χ1n) is 7.57. The number of urea groups is 1. The first-order chi connectivity index (χ1) is 11.7. The van der Waals surface area contributed by atoms with Crippen LogP contribution in [0, 0.1) is 0 Å². The standard InChI is InChI=1S/C16H19N5O4/c1-19(2)14-17-11-7-6-9(25-5)8-10(11)16(18-14)12(22)20(3)15(24)21(4)13(16)23/h6-8H,1-5H3,(H,17,18). The summed E-state index contributed by atoms with van der Waals surface area (Å²) in [4.78, 5) is 46.2. The number of barbiturate groups is 1. The summed E-state index contributed by atoms with van der Waals surface area (Å²) in [6.45, 7) is 0. The summed E-state index contributed by atoms with van der Waals surface area (Å²) in [6.07, 6.45) is 0. The van der Waals surface area contributed by atoms with Crippen molar-refractivity contribution in [2.45, 2.75) is 5.54 Å². The molecular formula is C16H19N5O4. The number of fused-ring (bicyclic) bond motifs is 2. The minimum absolute atomic E-state index is 0.343. The van der Waals surface area contributed by atoms with E-state index in [4.69, 9.17) is 4.74 Å². The fourth-order valence-electron chi connectivity index (χ4n) is 2.94. The van der Waals surface area contributed by atoms with Gasteiger partial charge in [-0.2, -0.15) is 0 Å². The van der Waals surface area contributed by atoms with E-state index in [0.29, 0.717) is 23.0 Å². The van der Waals surface area contributed by atoms with Gasteiger partial charge >= 0.3 is 6.03 Å². The largest absolute Gasteiger partial charge is 0.497 e. The minimum atomic E-state index is -1.87. The number of nitrogens with zero attached hydrogens (tertiary/aromatic N) is 4. The van der Waals surface area contributed by atoms with Gasteiger partial charge in [0.25, 0.3) is 11.8 Å². The second-order valence-electron chi connectivity index (χ2n) is 6.09. The SMILES string of the molecule is COc1ccc2c(c1)C1(N=C(N(C)C)N2)C(=O)N(C)C(=O)N(C)C1=O. The molecule has 0 radical (unpaired) electrons. The highest BCUT2D eigenvalue weighted by atomic mass is 16.5. The van der Waals surface area contributed by atoms with E-state index in [1.807, 2.05) is 0 Å². The van der Waals surface area contributed by atoms with Gasteiger partial charge in [0.2, 0.25) is 5.54 Å². The Morgan fingerprint density at radius 2 is 1.72 bits per heavy atom. The van der Waals surface area contributed by atoms with E-state index in [1.54, 1.807) is 37.2 Å². The Balaban J connectivity index is 2.33. The predicted octanol–water partition coefficient (Wildman–Crippen LogP) is 0.284. The Morgan fingerprint density at radius 1 is 1.12 bits per heavy atom. The fourth-order valence-corrected chi connectivity index (χ4v) is 2.94. The summed E-state index contributed by atoms with van der Waals surface area (Å²) >= 11 is 0. The number of methoxy groups -OCH3 is 1. The number of ether oxygens (including phenoxy) is 1. The Kier molecular flexibility index (Phi) is 3.66. The van der Waals surface area contributed by atoms with E-state index < -0.39 is 23.4 Å². The van der Waals surface area contributed by atoms with E-state index in [1.165, 1.54) is 21.2 Å². The van der Waals surface area contributed by atoms with Crippen molar-refractivity contribution in [2.24, 2.45) is 4.99 Å². The maximum Gasteiger partial charge on any atom is 0.333 e. The zero-order valence-electron chi connectivity index (χ0n) is 14.7. The van der Waals surface area contributed by atoms with Crippen LogP contribution in [-0.4, -0.2) is 73.8 Å². The molecule has 0 bridgehead atoms. The summed E-state index contributed by atoms with van der Waals surface area (Å²) in [5, 5.41) is 3.10. The van der Waals surface area contributed by atoms with E-state index in [-0.39, 0.29) is 0 Å². The number of guanidine groups is 1. The van der Waals surface area contributed by atoms with Crippen molar-refractivity contribution < 1.29 is 19.1 Å². The minimum Gasteiger partial charge on any atom is -0.497 e. The van der Waals surface area contributed by atoms with Gasteiger partial charge in [-0.05, 0) is 18.2 Å². The summed E-state index contributed by atoms with van der Waals surface area (Å²) in [5.74, 6) is -0.575. The third-order valence-electron chi connectivity index (χ3n) is 4.36. The molecule has 0 unspecified atom stereocenters. The highest BCUT2D eigenvalue weighted by Crippen LogP contribution is 2.42. The molecule has 0 saturated carbocycles. The Hall–Kier alpha value is -3.10. The average Bonchev–Trinajstić information content (AvgIpc) is 2.62. The van der Waals surface area contributed by atoms with Gasteiger partial charge in [-0.25, -0.2) is 9.79 Å². The molecule has 1 N–H and O–H groups in total. The lowest BCUT2D eigenvalue weighted by Crippen LogP contribution is -2.66. The van der Waals surface area contributed by atoms with Crippen LogP contribution in [0.2, 0.25) is 0 Å². The molecule has 1 fully saturated rings. The highest BCUT2D eigenvalue weighted by molar-refractivity contribution is 6.25. The van der Waals surface area contributed by atoms with Crippen molar-refractivity contribution in [1.29, 1.82) is 0 Å². The van der Waals surface area contributed by atoms with Crippen molar-refractivity contribution in [3.63, 3.8) is 0 Å². The molecule has 1 saturated heterocycles. The van der Waals surface area contributed by atoms with Crippen LogP contribution in [0.15, 0.2) is 23.2 Å². The normalized spacial score (nSPS) is 18.8. The molecule has 25 heavy (non-hydrogen) atoms. The summed E-state index contributed by atoms with van der Waals surface area (Å²) in [5.41, 5.74) is -0.970. The van der Waals surface area contributed by atoms with Crippen molar-refractivity contribution in [2.75, 3.05) is 40.6 Å². The van der Waals surface area contributed by atoms with Crippen molar-refractivity contribution in [3.05, 3.63) is 23.8 Å². The summed E-state index contributed by atoms with van der Waals surface area (Å²) in [6, 6.07) is 4.33. The number of likely N-dealkylation sites (N-methyl/N-ethyl adjacent to an activating group) is 2. The van der Waals surface area contributed by atoms with E-state index in [9.17, 15) is 14.4 Å². The van der Waals surface area contributed by atoms with Gasteiger partial charge in [0.1, 0.15) is 5.75 Å². The van der Waals surface area contributed by atoms with Gasteiger partial charge in [0.15, 0.2) is 5.96 Å². The van der Waals surface area contributed by atoms with Gasteiger partial charge in [-0.1, -0.05) is 0 Å². The van der Waals surface area contributed by atoms with E-state index in [0.717, 1.165) is 9.80 Å².